The summed E-state index contributed by atoms with van der Waals surface area (Å²) in [6.45, 7) is 4.52. The molecule has 0 saturated heterocycles. The minimum Gasteiger partial charge on any atom is -0.178 e. The van der Waals surface area contributed by atoms with E-state index in [2.05, 4.69) is 44.7 Å². The van der Waals surface area contributed by atoms with Gasteiger partial charge in [-0.2, -0.15) is 12.6 Å². The summed E-state index contributed by atoms with van der Waals surface area (Å²) < 4.78 is 0. The van der Waals surface area contributed by atoms with Gasteiger partial charge in [0.15, 0.2) is 0 Å². The molecule has 82 valence electrons. The van der Waals surface area contributed by atoms with Crippen molar-refractivity contribution in [2.75, 3.05) is 11.5 Å². The Bertz CT molecular complexity index is 356. The minimum atomic E-state index is 0.195. The molecule has 0 amide bonds. The number of aryl methyl sites for hydroxylation is 1. The molecule has 0 saturated carbocycles. The van der Waals surface area contributed by atoms with Crippen LogP contribution in [-0.4, -0.2) is 11.5 Å². The molecule has 0 aliphatic carbocycles. The van der Waals surface area contributed by atoms with Crippen LogP contribution in [0.4, 0.5) is 0 Å². The number of thiol groups is 1. The number of rotatable bonds is 2. The first-order valence-electron chi connectivity index (χ1n) is 5.50. The third-order valence-corrected chi connectivity index (χ3v) is 5.08. The van der Waals surface area contributed by atoms with E-state index in [-0.39, 0.29) is 5.41 Å². The summed E-state index contributed by atoms with van der Waals surface area (Å²) in [5.41, 5.74) is 3.16. The number of hydrogen-bond acceptors (Lipinski definition) is 2. The van der Waals surface area contributed by atoms with Crippen LogP contribution in [-0.2, 0) is 11.8 Å². The first-order chi connectivity index (χ1) is 7.13. The molecular formula is C13H18S2. The van der Waals surface area contributed by atoms with Gasteiger partial charge in [-0.05, 0) is 47.0 Å². The lowest BCUT2D eigenvalue weighted by Crippen LogP contribution is -2.19. The average Bonchev–Trinajstić information content (AvgIpc) is 2.28. The highest BCUT2D eigenvalue weighted by Gasteiger charge is 2.20. The standard InChI is InChI=1S/C13H18S2/c1-13(2,9-14)11-5-6-12-10(8-11)4-3-7-15-12/h5-6,8,14H,3-4,7,9H2,1-2H3. The summed E-state index contributed by atoms with van der Waals surface area (Å²) in [4.78, 5) is 1.49. The molecule has 1 aliphatic rings. The van der Waals surface area contributed by atoms with Crippen molar-refractivity contribution in [3.63, 3.8) is 0 Å². The largest absolute Gasteiger partial charge is 0.178 e. The monoisotopic (exact) mass is 238 g/mol. The zero-order valence-electron chi connectivity index (χ0n) is 9.42. The van der Waals surface area contributed by atoms with Gasteiger partial charge >= 0.3 is 0 Å². The summed E-state index contributed by atoms with van der Waals surface area (Å²) in [7, 11) is 0. The van der Waals surface area contributed by atoms with Gasteiger partial charge < -0.3 is 0 Å². The van der Waals surface area contributed by atoms with Gasteiger partial charge in [-0.15, -0.1) is 11.8 Å². The van der Waals surface area contributed by atoms with E-state index in [9.17, 15) is 0 Å². The van der Waals surface area contributed by atoms with Crippen molar-refractivity contribution in [1.82, 2.24) is 0 Å². The Balaban J connectivity index is 2.36. The van der Waals surface area contributed by atoms with Crippen LogP contribution < -0.4 is 0 Å². The Morgan fingerprint density at radius 3 is 2.93 bits per heavy atom. The maximum absolute atomic E-state index is 4.43. The van der Waals surface area contributed by atoms with Crippen molar-refractivity contribution in [3.8, 4) is 0 Å². The smallest absolute Gasteiger partial charge is 0.0104 e. The Morgan fingerprint density at radius 1 is 1.40 bits per heavy atom. The molecule has 1 heterocycles. The summed E-state index contributed by atoms with van der Waals surface area (Å²) >= 11 is 6.43. The van der Waals surface area contributed by atoms with E-state index < -0.39 is 0 Å². The van der Waals surface area contributed by atoms with Crippen LogP contribution in [0.25, 0.3) is 0 Å². The second-order valence-corrected chi connectivity index (χ2v) is 6.27. The third-order valence-electron chi connectivity index (χ3n) is 3.09. The minimum absolute atomic E-state index is 0.195. The molecule has 0 bridgehead atoms. The van der Waals surface area contributed by atoms with E-state index in [0.29, 0.717) is 0 Å². The highest BCUT2D eigenvalue weighted by Crippen LogP contribution is 2.34. The van der Waals surface area contributed by atoms with Crippen LogP contribution >= 0.6 is 24.4 Å². The Labute approximate surface area is 102 Å². The molecular weight excluding hydrogens is 220 g/mol. The van der Waals surface area contributed by atoms with E-state index >= 15 is 0 Å². The first-order valence-corrected chi connectivity index (χ1v) is 7.12. The predicted octanol–water partition coefficient (Wildman–Crippen LogP) is 3.93. The van der Waals surface area contributed by atoms with Crippen LogP contribution in [0.5, 0.6) is 0 Å². The Kier molecular flexibility index (Phi) is 3.36. The van der Waals surface area contributed by atoms with Gasteiger partial charge in [0.05, 0.1) is 0 Å². The summed E-state index contributed by atoms with van der Waals surface area (Å²) in [5, 5.41) is 0. The van der Waals surface area contributed by atoms with Gasteiger partial charge in [-0.3, -0.25) is 0 Å². The van der Waals surface area contributed by atoms with Crippen molar-refractivity contribution in [2.45, 2.75) is 37.0 Å². The van der Waals surface area contributed by atoms with E-state index in [1.807, 2.05) is 11.8 Å². The lowest BCUT2D eigenvalue weighted by atomic mass is 9.85. The lowest BCUT2D eigenvalue weighted by Gasteiger charge is -2.25. The fourth-order valence-corrected chi connectivity index (χ4v) is 3.07. The summed E-state index contributed by atoms with van der Waals surface area (Å²) in [5.74, 6) is 2.18. The Hall–Kier alpha value is -0.0800. The zero-order chi connectivity index (χ0) is 10.9. The normalized spacial score (nSPS) is 16.2. The second kappa shape index (κ2) is 4.42. The zero-order valence-corrected chi connectivity index (χ0v) is 11.1. The summed E-state index contributed by atoms with van der Waals surface area (Å²) in [6, 6.07) is 6.95. The van der Waals surface area contributed by atoms with Crippen molar-refractivity contribution in [3.05, 3.63) is 29.3 Å². The van der Waals surface area contributed by atoms with E-state index in [1.54, 1.807) is 5.56 Å². The molecule has 1 aliphatic heterocycles. The highest BCUT2D eigenvalue weighted by atomic mass is 32.2. The molecule has 2 rings (SSSR count). The molecule has 15 heavy (non-hydrogen) atoms. The predicted molar refractivity (Wildman–Crippen MR) is 72.4 cm³/mol. The van der Waals surface area contributed by atoms with Gasteiger partial charge in [-0.25, -0.2) is 0 Å². The van der Waals surface area contributed by atoms with Gasteiger partial charge in [0, 0.05) is 4.90 Å². The maximum atomic E-state index is 4.43. The molecule has 2 heteroatoms. The number of benzene rings is 1. The van der Waals surface area contributed by atoms with Crippen molar-refractivity contribution < 1.29 is 0 Å². The number of hydrogen-bond donors (Lipinski definition) is 1. The van der Waals surface area contributed by atoms with Crippen molar-refractivity contribution >= 4 is 24.4 Å². The maximum Gasteiger partial charge on any atom is 0.0104 e. The highest BCUT2D eigenvalue weighted by molar-refractivity contribution is 7.99. The first kappa shape index (κ1) is 11.4. The average molecular weight is 238 g/mol. The fourth-order valence-electron chi connectivity index (χ4n) is 1.87. The van der Waals surface area contributed by atoms with Gasteiger partial charge in [0.25, 0.3) is 0 Å². The van der Waals surface area contributed by atoms with E-state index in [1.165, 1.54) is 29.1 Å². The molecule has 0 atom stereocenters. The van der Waals surface area contributed by atoms with E-state index in [0.717, 1.165) is 5.75 Å². The topological polar surface area (TPSA) is 0 Å². The molecule has 0 spiro atoms. The van der Waals surface area contributed by atoms with E-state index in [4.69, 9.17) is 0 Å². The molecule has 1 aromatic rings. The molecule has 0 fully saturated rings. The molecule has 0 unspecified atom stereocenters. The van der Waals surface area contributed by atoms with Crippen LogP contribution in [0.2, 0.25) is 0 Å². The number of fused-ring (bicyclic) bond motifs is 1. The third kappa shape index (κ3) is 2.36. The van der Waals surface area contributed by atoms with Crippen LogP contribution in [0.3, 0.4) is 0 Å². The lowest BCUT2D eigenvalue weighted by molar-refractivity contribution is 0.601. The van der Waals surface area contributed by atoms with Gasteiger partial charge in [0.2, 0.25) is 0 Å². The van der Waals surface area contributed by atoms with Crippen LogP contribution in [0, 0.1) is 0 Å². The quantitative estimate of drug-likeness (QED) is 0.762. The van der Waals surface area contributed by atoms with Crippen molar-refractivity contribution in [2.24, 2.45) is 0 Å². The molecule has 0 nitrogen and oxygen atoms in total. The molecule has 0 aromatic heterocycles. The second-order valence-electron chi connectivity index (χ2n) is 4.82. The van der Waals surface area contributed by atoms with Gasteiger partial charge in [-0.1, -0.05) is 26.0 Å². The fraction of sp³-hybridized carbons (Fsp3) is 0.538. The van der Waals surface area contributed by atoms with Crippen LogP contribution in [0.1, 0.15) is 31.4 Å². The van der Waals surface area contributed by atoms with Gasteiger partial charge in [0.1, 0.15) is 0 Å². The molecule has 0 N–H and O–H groups in total. The summed E-state index contributed by atoms with van der Waals surface area (Å²) in [6.07, 6.45) is 2.57. The molecule has 1 aromatic carbocycles. The molecule has 0 radical (unpaired) electrons. The SMILES string of the molecule is CC(C)(CS)c1ccc2c(c1)CCCS2. The Morgan fingerprint density at radius 2 is 2.20 bits per heavy atom. The number of thioether (sulfide) groups is 1. The van der Waals surface area contributed by atoms with Crippen molar-refractivity contribution in [1.29, 1.82) is 0 Å². The van der Waals surface area contributed by atoms with Crippen LogP contribution in [0.15, 0.2) is 23.1 Å².